The van der Waals surface area contributed by atoms with E-state index in [0.29, 0.717) is 6.42 Å². The minimum absolute atomic E-state index is 0.524. The van der Waals surface area contributed by atoms with Crippen molar-refractivity contribution < 1.29 is 13.2 Å². The molecule has 0 radical (unpaired) electrons. The lowest BCUT2D eigenvalue weighted by molar-refractivity contribution is -0.137. The van der Waals surface area contributed by atoms with Gasteiger partial charge in [0.25, 0.3) is 0 Å². The van der Waals surface area contributed by atoms with Crippen LogP contribution >= 0.6 is 0 Å². The normalized spacial score (nSPS) is 11.3. The third kappa shape index (κ3) is 3.88. The number of halogens is 3. The summed E-state index contributed by atoms with van der Waals surface area (Å²) in [4.78, 5) is 3.12. The van der Waals surface area contributed by atoms with Crippen molar-refractivity contribution in [2.24, 2.45) is 0 Å². The van der Waals surface area contributed by atoms with E-state index in [1.54, 1.807) is 6.20 Å². The summed E-state index contributed by atoms with van der Waals surface area (Å²) in [5.74, 6) is 0. The van der Waals surface area contributed by atoms with Gasteiger partial charge < -0.3 is 4.98 Å². The van der Waals surface area contributed by atoms with E-state index in [4.69, 9.17) is 5.26 Å². The third-order valence-corrected chi connectivity index (χ3v) is 3.32. The maximum absolute atomic E-state index is 12.5. The van der Waals surface area contributed by atoms with E-state index in [1.165, 1.54) is 12.1 Å². The van der Waals surface area contributed by atoms with Gasteiger partial charge in [-0.05, 0) is 43.0 Å². The first kappa shape index (κ1) is 15.2. The maximum Gasteiger partial charge on any atom is 0.416 e. The van der Waals surface area contributed by atoms with E-state index in [2.05, 4.69) is 11.1 Å². The van der Waals surface area contributed by atoms with Crippen LogP contribution < -0.4 is 0 Å². The zero-order valence-corrected chi connectivity index (χ0v) is 11.4. The highest BCUT2D eigenvalue weighted by molar-refractivity contribution is 5.66. The number of benzene rings is 1. The predicted octanol–water partition coefficient (Wildman–Crippen LogP) is 4.94. The minimum atomic E-state index is -4.31. The van der Waals surface area contributed by atoms with Crippen LogP contribution in [0.1, 0.15) is 30.5 Å². The number of aromatic amines is 1. The molecule has 5 heteroatoms. The quantitative estimate of drug-likeness (QED) is 0.779. The van der Waals surface area contributed by atoms with Gasteiger partial charge in [0.1, 0.15) is 0 Å². The fourth-order valence-corrected chi connectivity index (χ4v) is 2.23. The molecule has 0 spiro atoms. The van der Waals surface area contributed by atoms with E-state index in [9.17, 15) is 13.2 Å². The van der Waals surface area contributed by atoms with Crippen molar-refractivity contribution in [2.75, 3.05) is 0 Å². The van der Waals surface area contributed by atoms with E-state index in [1.807, 2.05) is 6.07 Å². The highest BCUT2D eigenvalue weighted by Crippen LogP contribution is 2.31. The van der Waals surface area contributed by atoms with Crippen molar-refractivity contribution in [2.45, 2.75) is 31.9 Å². The number of unbranched alkanes of at least 4 members (excludes halogenated alkanes) is 2. The molecular formula is C16H15F3N2. The SMILES string of the molecule is N#CCCCCc1[nH]ccc1-c1ccc(C(F)(F)F)cc1. The van der Waals surface area contributed by atoms with Gasteiger partial charge in [0.2, 0.25) is 0 Å². The standard InChI is InChI=1S/C16H15F3N2/c17-16(18,19)13-7-5-12(6-8-13)14-9-11-21-15(14)4-2-1-3-10-20/h5-9,11,21H,1-4H2. The van der Waals surface area contributed by atoms with E-state index >= 15 is 0 Å². The first-order valence-electron chi connectivity index (χ1n) is 6.73. The number of aryl methyl sites for hydroxylation is 1. The van der Waals surface area contributed by atoms with Crippen molar-refractivity contribution in [1.82, 2.24) is 4.98 Å². The third-order valence-electron chi connectivity index (χ3n) is 3.32. The lowest BCUT2D eigenvalue weighted by Crippen LogP contribution is -2.04. The highest BCUT2D eigenvalue weighted by Gasteiger charge is 2.30. The molecule has 0 unspecified atom stereocenters. The molecule has 0 aliphatic heterocycles. The van der Waals surface area contributed by atoms with Crippen LogP contribution in [0.3, 0.4) is 0 Å². The van der Waals surface area contributed by atoms with Crippen LogP contribution in [0.4, 0.5) is 13.2 Å². The fourth-order valence-electron chi connectivity index (χ4n) is 2.23. The molecule has 0 fully saturated rings. The Kier molecular flexibility index (Phi) is 4.69. The molecule has 2 nitrogen and oxygen atoms in total. The molecule has 110 valence electrons. The lowest BCUT2D eigenvalue weighted by atomic mass is 10.0. The van der Waals surface area contributed by atoms with Gasteiger partial charge in [0.15, 0.2) is 0 Å². The molecule has 0 aliphatic carbocycles. The molecule has 1 aromatic carbocycles. The number of aromatic nitrogens is 1. The Balaban J connectivity index is 2.12. The molecular weight excluding hydrogens is 277 g/mol. The summed E-state index contributed by atoms with van der Waals surface area (Å²) in [7, 11) is 0. The Hall–Kier alpha value is -2.22. The van der Waals surface area contributed by atoms with Gasteiger partial charge in [0.05, 0.1) is 11.6 Å². The molecule has 0 saturated heterocycles. The van der Waals surface area contributed by atoms with Gasteiger partial charge in [0, 0.05) is 23.9 Å². The summed E-state index contributed by atoms with van der Waals surface area (Å²) in [6.07, 6.45) is 0.481. The average molecular weight is 292 g/mol. The molecule has 21 heavy (non-hydrogen) atoms. The highest BCUT2D eigenvalue weighted by atomic mass is 19.4. The second kappa shape index (κ2) is 6.49. The number of hydrogen-bond acceptors (Lipinski definition) is 1. The molecule has 1 N–H and O–H groups in total. The molecule has 2 rings (SSSR count). The second-order valence-corrected chi connectivity index (χ2v) is 4.81. The van der Waals surface area contributed by atoms with Gasteiger partial charge in [-0.25, -0.2) is 0 Å². The van der Waals surface area contributed by atoms with Crippen LogP contribution in [0.5, 0.6) is 0 Å². The minimum Gasteiger partial charge on any atom is -0.364 e. The summed E-state index contributed by atoms with van der Waals surface area (Å²) in [5.41, 5.74) is 2.03. The number of nitrogens with zero attached hydrogens (tertiary/aromatic N) is 1. The zero-order valence-electron chi connectivity index (χ0n) is 11.4. The number of nitrogens with one attached hydrogen (secondary N) is 1. The smallest absolute Gasteiger partial charge is 0.364 e. The molecule has 0 amide bonds. The number of H-pyrrole nitrogens is 1. The molecule has 0 atom stereocenters. The van der Waals surface area contributed by atoms with Crippen LogP contribution in [0.25, 0.3) is 11.1 Å². The molecule has 1 aromatic heterocycles. The molecule has 1 heterocycles. The van der Waals surface area contributed by atoms with Gasteiger partial charge in [-0.2, -0.15) is 18.4 Å². The number of rotatable bonds is 5. The van der Waals surface area contributed by atoms with Crippen molar-refractivity contribution in [3.63, 3.8) is 0 Å². The predicted molar refractivity (Wildman–Crippen MR) is 74.4 cm³/mol. The van der Waals surface area contributed by atoms with E-state index < -0.39 is 11.7 Å². The Morgan fingerprint density at radius 2 is 1.76 bits per heavy atom. The maximum atomic E-state index is 12.5. The molecule has 0 bridgehead atoms. The summed E-state index contributed by atoms with van der Waals surface area (Å²) in [6, 6.07) is 9.14. The Morgan fingerprint density at radius 3 is 2.38 bits per heavy atom. The van der Waals surface area contributed by atoms with E-state index in [-0.39, 0.29) is 0 Å². The van der Waals surface area contributed by atoms with Crippen LogP contribution in [-0.4, -0.2) is 4.98 Å². The zero-order chi connectivity index (χ0) is 15.3. The number of nitriles is 1. The Morgan fingerprint density at radius 1 is 1.05 bits per heavy atom. The molecule has 2 aromatic rings. The average Bonchev–Trinajstić information content (AvgIpc) is 2.91. The molecule has 0 aliphatic rings. The fraction of sp³-hybridized carbons (Fsp3) is 0.312. The lowest BCUT2D eigenvalue weighted by Gasteiger charge is -2.08. The van der Waals surface area contributed by atoms with Crippen LogP contribution in [0, 0.1) is 11.3 Å². The second-order valence-electron chi connectivity index (χ2n) is 4.81. The van der Waals surface area contributed by atoms with Crippen molar-refractivity contribution in [3.05, 3.63) is 47.8 Å². The number of hydrogen-bond donors (Lipinski definition) is 1. The summed E-state index contributed by atoms with van der Waals surface area (Å²) >= 11 is 0. The van der Waals surface area contributed by atoms with Crippen LogP contribution in [0.2, 0.25) is 0 Å². The largest absolute Gasteiger partial charge is 0.416 e. The van der Waals surface area contributed by atoms with Crippen LogP contribution in [-0.2, 0) is 12.6 Å². The topological polar surface area (TPSA) is 39.6 Å². The Labute approximate surface area is 121 Å². The van der Waals surface area contributed by atoms with Crippen molar-refractivity contribution in [1.29, 1.82) is 5.26 Å². The Bertz CT molecular complexity index is 618. The summed E-state index contributed by atoms with van der Waals surface area (Å²) in [6.45, 7) is 0. The van der Waals surface area contributed by atoms with E-state index in [0.717, 1.165) is 48.2 Å². The monoisotopic (exact) mass is 292 g/mol. The van der Waals surface area contributed by atoms with Crippen molar-refractivity contribution >= 4 is 0 Å². The van der Waals surface area contributed by atoms with Crippen molar-refractivity contribution in [3.8, 4) is 17.2 Å². The summed E-state index contributed by atoms with van der Waals surface area (Å²) in [5, 5.41) is 8.50. The summed E-state index contributed by atoms with van der Waals surface area (Å²) < 4.78 is 37.6. The van der Waals surface area contributed by atoms with Gasteiger partial charge in [-0.3, -0.25) is 0 Å². The van der Waals surface area contributed by atoms with Crippen LogP contribution in [0.15, 0.2) is 36.5 Å². The van der Waals surface area contributed by atoms with Gasteiger partial charge in [-0.1, -0.05) is 12.1 Å². The van der Waals surface area contributed by atoms with Gasteiger partial charge >= 0.3 is 6.18 Å². The first-order chi connectivity index (χ1) is 10.0. The van der Waals surface area contributed by atoms with Gasteiger partial charge in [-0.15, -0.1) is 0 Å². The number of alkyl halides is 3. The first-order valence-corrected chi connectivity index (χ1v) is 6.73. The molecule has 0 saturated carbocycles.